The van der Waals surface area contributed by atoms with Gasteiger partial charge >= 0.3 is 0 Å². The molecule has 2 nitrogen and oxygen atoms in total. The first-order chi connectivity index (χ1) is 11.8. The summed E-state index contributed by atoms with van der Waals surface area (Å²) in [7, 11) is 3.52. The summed E-state index contributed by atoms with van der Waals surface area (Å²) in [6.07, 6.45) is 4.52. The van der Waals surface area contributed by atoms with E-state index < -0.39 is 0 Å². The number of rotatable bonds is 11. The molecule has 0 fully saturated rings. The Labute approximate surface area is 153 Å². The second kappa shape index (κ2) is 11.3. The summed E-state index contributed by atoms with van der Waals surface area (Å²) in [6, 6.07) is 16.6. The zero-order chi connectivity index (χ0) is 17.0. The summed E-state index contributed by atoms with van der Waals surface area (Å²) in [6.45, 7) is 5.93. The first-order valence-corrected chi connectivity index (χ1v) is 10.8. The minimum absolute atomic E-state index is 0.796. The van der Waals surface area contributed by atoms with Gasteiger partial charge in [0.1, 0.15) is 11.5 Å². The topological polar surface area (TPSA) is 18.5 Å². The lowest BCUT2D eigenvalue weighted by Crippen LogP contribution is -1.95. The zero-order valence-corrected chi connectivity index (χ0v) is 16.1. The number of hydrogen-bond acceptors (Lipinski definition) is 4. The Morgan fingerprint density at radius 1 is 0.625 bits per heavy atom. The lowest BCUT2D eigenvalue weighted by molar-refractivity contribution is 0.309. The SMILES string of the molecule is CCCCOc1ccc(SSc2ccc(OCCCC)cc2)cc1. The predicted octanol–water partition coefficient (Wildman–Crippen LogP) is 6.84. The maximum Gasteiger partial charge on any atom is 0.119 e. The molecule has 4 heteroatoms. The molecule has 2 aromatic rings. The molecule has 0 heterocycles. The van der Waals surface area contributed by atoms with Crippen molar-refractivity contribution < 1.29 is 9.47 Å². The molecule has 2 rings (SSSR count). The van der Waals surface area contributed by atoms with Gasteiger partial charge < -0.3 is 9.47 Å². The van der Waals surface area contributed by atoms with Gasteiger partial charge in [0, 0.05) is 9.79 Å². The van der Waals surface area contributed by atoms with E-state index in [0.717, 1.165) is 50.4 Å². The summed E-state index contributed by atoms with van der Waals surface area (Å²) in [5.41, 5.74) is 0. The van der Waals surface area contributed by atoms with E-state index in [1.54, 1.807) is 21.6 Å². The van der Waals surface area contributed by atoms with Crippen LogP contribution in [0.25, 0.3) is 0 Å². The molecule has 24 heavy (non-hydrogen) atoms. The van der Waals surface area contributed by atoms with Crippen molar-refractivity contribution >= 4 is 21.6 Å². The van der Waals surface area contributed by atoms with Gasteiger partial charge in [-0.3, -0.25) is 0 Å². The van der Waals surface area contributed by atoms with Crippen molar-refractivity contribution in [3.05, 3.63) is 48.5 Å². The second-order valence-electron chi connectivity index (χ2n) is 5.51. The van der Waals surface area contributed by atoms with Crippen LogP contribution in [0.2, 0.25) is 0 Å². The smallest absolute Gasteiger partial charge is 0.119 e. The molecule has 2 aromatic carbocycles. The Hall–Kier alpha value is -1.26. The van der Waals surface area contributed by atoms with Crippen LogP contribution < -0.4 is 9.47 Å². The minimum atomic E-state index is 0.796. The fraction of sp³-hybridized carbons (Fsp3) is 0.400. The van der Waals surface area contributed by atoms with E-state index in [1.165, 1.54) is 9.79 Å². The number of ether oxygens (including phenoxy) is 2. The minimum Gasteiger partial charge on any atom is -0.494 e. The lowest BCUT2D eigenvalue weighted by atomic mass is 10.3. The summed E-state index contributed by atoms with van der Waals surface area (Å²) in [5.74, 6) is 1.90. The van der Waals surface area contributed by atoms with Gasteiger partial charge in [-0.25, -0.2) is 0 Å². The molecule has 0 unspecified atom stereocenters. The molecular weight excluding hydrogens is 336 g/mol. The Morgan fingerprint density at radius 3 is 1.33 bits per heavy atom. The molecule has 0 saturated carbocycles. The molecule has 0 aliphatic heterocycles. The van der Waals surface area contributed by atoms with Crippen LogP contribution in [-0.2, 0) is 0 Å². The van der Waals surface area contributed by atoms with Crippen LogP contribution in [0.15, 0.2) is 58.3 Å². The van der Waals surface area contributed by atoms with Gasteiger partial charge in [-0.2, -0.15) is 0 Å². The summed E-state index contributed by atoms with van der Waals surface area (Å²) < 4.78 is 11.4. The highest BCUT2D eigenvalue weighted by Gasteiger charge is 2.00. The van der Waals surface area contributed by atoms with Gasteiger partial charge in [-0.05, 0) is 61.4 Å². The van der Waals surface area contributed by atoms with Crippen LogP contribution in [0, 0.1) is 0 Å². The van der Waals surface area contributed by atoms with E-state index in [-0.39, 0.29) is 0 Å². The first-order valence-electron chi connectivity index (χ1n) is 8.62. The molecule has 0 atom stereocenters. The third-order valence-corrected chi connectivity index (χ3v) is 5.83. The Morgan fingerprint density at radius 2 is 1.00 bits per heavy atom. The van der Waals surface area contributed by atoms with Gasteiger partial charge in [0.15, 0.2) is 0 Å². The van der Waals surface area contributed by atoms with Crippen molar-refractivity contribution in [1.29, 1.82) is 0 Å². The molecule has 0 aliphatic rings. The van der Waals surface area contributed by atoms with Crippen LogP contribution >= 0.6 is 21.6 Å². The molecule has 0 radical (unpaired) electrons. The number of benzene rings is 2. The summed E-state index contributed by atoms with van der Waals surface area (Å²) in [5, 5.41) is 0. The molecule has 0 amide bonds. The van der Waals surface area contributed by atoms with Crippen molar-refractivity contribution in [2.24, 2.45) is 0 Å². The predicted molar refractivity (Wildman–Crippen MR) is 105 cm³/mol. The monoisotopic (exact) mass is 362 g/mol. The van der Waals surface area contributed by atoms with Crippen LogP contribution in [-0.4, -0.2) is 13.2 Å². The normalized spacial score (nSPS) is 10.6. The number of unbranched alkanes of at least 4 members (excludes halogenated alkanes) is 2. The van der Waals surface area contributed by atoms with Crippen LogP contribution in [0.3, 0.4) is 0 Å². The molecule has 130 valence electrons. The highest BCUT2D eigenvalue weighted by atomic mass is 33.1. The van der Waals surface area contributed by atoms with Gasteiger partial charge in [0.05, 0.1) is 13.2 Å². The second-order valence-corrected chi connectivity index (χ2v) is 7.79. The molecular formula is C20H26O2S2. The van der Waals surface area contributed by atoms with E-state index >= 15 is 0 Å². The molecule has 0 saturated heterocycles. The van der Waals surface area contributed by atoms with Gasteiger partial charge in [-0.15, -0.1) is 0 Å². The van der Waals surface area contributed by atoms with Crippen molar-refractivity contribution in [2.75, 3.05) is 13.2 Å². The highest BCUT2D eigenvalue weighted by Crippen LogP contribution is 2.38. The molecule has 0 spiro atoms. The highest BCUT2D eigenvalue weighted by molar-refractivity contribution is 8.76. The van der Waals surface area contributed by atoms with E-state index in [2.05, 4.69) is 38.1 Å². The summed E-state index contributed by atoms with van der Waals surface area (Å²) >= 11 is 0. The van der Waals surface area contributed by atoms with Crippen molar-refractivity contribution in [3.63, 3.8) is 0 Å². The fourth-order valence-corrected chi connectivity index (χ4v) is 3.88. The van der Waals surface area contributed by atoms with Gasteiger partial charge in [0.25, 0.3) is 0 Å². The lowest BCUT2D eigenvalue weighted by Gasteiger charge is -2.07. The van der Waals surface area contributed by atoms with Crippen molar-refractivity contribution in [1.82, 2.24) is 0 Å². The van der Waals surface area contributed by atoms with Gasteiger partial charge in [0.2, 0.25) is 0 Å². The fourth-order valence-electron chi connectivity index (χ4n) is 1.95. The molecule has 0 aliphatic carbocycles. The molecule has 0 bridgehead atoms. The Bertz CT molecular complexity index is 514. The van der Waals surface area contributed by atoms with Crippen LogP contribution in [0.4, 0.5) is 0 Å². The standard InChI is InChI=1S/C20H26O2S2/c1-3-5-15-21-17-7-11-19(12-8-17)23-24-20-13-9-18(10-14-20)22-16-6-4-2/h7-14H,3-6,15-16H2,1-2H3. The zero-order valence-electron chi connectivity index (χ0n) is 14.5. The third-order valence-electron chi connectivity index (χ3n) is 3.41. The maximum absolute atomic E-state index is 5.69. The molecule has 0 aromatic heterocycles. The van der Waals surface area contributed by atoms with E-state index in [4.69, 9.17) is 9.47 Å². The number of hydrogen-bond donors (Lipinski definition) is 0. The largest absolute Gasteiger partial charge is 0.494 e. The quantitative estimate of drug-likeness (QED) is 0.321. The maximum atomic E-state index is 5.69. The van der Waals surface area contributed by atoms with Gasteiger partial charge in [-0.1, -0.05) is 48.3 Å². The third kappa shape index (κ3) is 7.10. The van der Waals surface area contributed by atoms with Crippen LogP contribution in [0.1, 0.15) is 39.5 Å². The van der Waals surface area contributed by atoms with E-state index in [1.807, 2.05) is 24.3 Å². The average molecular weight is 363 g/mol. The average Bonchev–Trinajstić information content (AvgIpc) is 2.63. The van der Waals surface area contributed by atoms with Crippen molar-refractivity contribution in [3.8, 4) is 11.5 Å². The first kappa shape index (κ1) is 19.1. The molecule has 0 N–H and O–H groups in total. The van der Waals surface area contributed by atoms with E-state index in [9.17, 15) is 0 Å². The summed E-state index contributed by atoms with van der Waals surface area (Å²) in [4.78, 5) is 2.46. The Balaban J connectivity index is 1.76. The Kier molecular flexibility index (Phi) is 9.00. The van der Waals surface area contributed by atoms with Crippen molar-refractivity contribution in [2.45, 2.75) is 49.3 Å². The van der Waals surface area contributed by atoms with E-state index in [0.29, 0.717) is 0 Å². The van der Waals surface area contributed by atoms with Crippen LogP contribution in [0.5, 0.6) is 11.5 Å².